The second-order valence-corrected chi connectivity index (χ2v) is 6.64. The molecule has 0 radical (unpaired) electrons. The molecule has 0 fully saturated rings. The van der Waals surface area contributed by atoms with Gasteiger partial charge in [0.1, 0.15) is 5.82 Å². The zero-order valence-corrected chi connectivity index (χ0v) is 13.8. The van der Waals surface area contributed by atoms with Gasteiger partial charge in [0, 0.05) is 18.1 Å². The van der Waals surface area contributed by atoms with E-state index in [1.165, 1.54) is 11.1 Å². The number of hydrogen-bond acceptors (Lipinski definition) is 3. The summed E-state index contributed by atoms with van der Waals surface area (Å²) in [4.78, 5) is 14.9. The molecule has 1 aliphatic rings. The molecule has 0 amide bonds. The van der Waals surface area contributed by atoms with Gasteiger partial charge in [-0.1, -0.05) is 31.5 Å². The van der Waals surface area contributed by atoms with E-state index in [0.717, 1.165) is 25.5 Å². The molecule has 1 aromatic carbocycles. The first-order valence-corrected chi connectivity index (χ1v) is 8.09. The second-order valence-electron chi connectivity index (χ2n) is 6.20. The molecular formula is C16H21ClN4O. The largest absolute Gasteiger partial charge is 0.350 e. The first-order chi connectivity index (χ1) is 10.5. The summed E-state index contributed by atoms with van der Waals surface area (Å²) in [5, 5.41) is 5.11. The van der Waals surface area contributed by atoms with Crippen molar-refractivity contribution >= 4 is 11.6 Å². The molecule has 0 spiro atoms. The van der Waals surface area contributed by atoms with Gasteiger partial charge in [-0.2, -0.15) is 4.68 Å². The van der Waals surface area contributed by atoms with Crippen molar-refractivity contribution in [2.24, 2.45) is 5.92 Å². The van der Waals surface area contributed by atoms with Gasteiger partial charge in [-0.15, -0.1) is 5.10 Å². The number of fused-ring (bicyclic) bond motifs is 1. The van der Waals surface area contributed by atoms with Crippen LogP contribution in [-0.2, 0) is 13.1 Å². The zero-order valence-electron chi connectivity index (χ0n) is 13.0. The van der Waals surface area contributed by atoms with Crippen LogP contribution < -0.4 is 5.69 Å². The van der Waals surface area contributed by atoms with Gasteiger partial charge < -0.3 is 0 Å². The first-order valence-electron chi connectivity index (χ1n) is 7.71. The van der Waals surface area contributed by atoms with E-state index in [9.17, 15) is 4.79 Å². The Labute approximate surface area is 135 Å². The van der Waals surface area contributed by atoms with Gasteiger partial charge in [-0.3, -0.25) is 9.47 Å². The van der Waals surface area contributed by atoms with Crippen molar-refractivity contribution in [1.29, 1.82) is 0 Å². The number of rotatable bonds is 4. The molecule has 0 atom stereocenters. The Morgan fingerprint density at radius 2 is 2.14 bits per heavy atom. The molecule has 0 saturated heterocycles. The number of benzene rings is 1. The lowest BCUT2D eigenvalue weighted by atomic mass is 10.1. The molecule has 6 heteroatoms. The van der Waals surface area contributed by atoms with Crippen molar-refractivity contribution in [1.82, 2.24) is 19.2 Å². The molecule has 5 nitrogen and oxygen atoms in total. The molecule has 22 heavy (non-hydrogen) atoms. The van der Waals surface area contributed by atoms with E-state index in [2.05, 4.69) is 23.8 Å². The van der Waals surface area contributed by atoms with Crippen molar-refractivity contribution in [2.75, 3.05) is 13.1 Å². The van der Waals surface area contributed by atoms with Crippen LogP contribution >= 0.6 is 11.6 Å². The Bertz CT molecular complexity index is 719. The molecule has 0 bridgehead atoms. The minimum Gasteiger partial charge on any atom is -0.294 e. The number of aromatic nitrogens is 3. The van der Waals surface area contributed by atoms with E-state index in [4.69, 9.17) is 11.6 Å². The van der Waals surface area contributed by atoms with E-state index in [0.29, 0.717) is 23.2 Å². The minimum atomic E-state index is -0.0826. The second kappa shape index (κ2) is 6.26. The molecule has 0 N–H and O–H groups in total. The predicted molar refractivity (Wildman–Crippen MR) is 87.6 cm³/mol. The SMILES string of the molecule is CC(C)CCN1CCn2c(nn(-c3cccc(Cl)c3)c2=O)C1. The van der Waals surface area contributed by atoms with E-state index >= 15 is 0 Å². The highest BCUT2D eigenvalue weighted by molar-refractivity contribution is 6.30. The van der Waals surface area contributed by atoms with Crippen molar-refractivity contribution in [3.63, 3.8) is 0 Å². The van der Waals surface area contributed by atoms with Gasteiger partial charge in [-0.25, -0.2) is 4.79 Å². The number of nitrogens with zero attached hydrogens (tertiary/aromatic N) is 4. The maximum absolute atomic E-state index is 12.5. The predicted octanol–water partition coefficient (Wildman–Crippen LogP) is 2.55. The molecule has 1 aliphatic heterocycles. The average molecular weight is 321 g/mol. The van der Waals surface area contributed by atoms with Crippen molar-refractivity contribution < 1.29 is 0 Å². The number of halogens is 1. The van der Waals surface area contributed by atoms with Crippen LogP contribution in [0.25, 0.3) is 5.69 Å². The summed E-state index contributed by atoms with van der Waals surface area (Å²) in [6.07, 6.45) is 1.17. The summed E-state index contributed by atoms with van der Waals surface area (Å²) in [5.74, 6) is 1.52. The topological polar surface area (TPSA) is 43.1 Å². The lowest BCUT2D eigenvalue weighted by molar-refractivity contribution is 0.204. The fourth-order valence-electron chi connectivity index (χ4n) is 2.71. The molecular weight excluding hydrogens is 300 g/mol. The fraction of sp³-hybridized carbons (Fsp3) is 0.500. The molecule has 1 aromatic heterocycles. The van der Waals surface area contributed by atoms with Crippen molar-refractivity contribution in [3.8, 4) is 5.69 Å². The van der Waals surface area contributed by atoms with Crippen molar-refractivity contribution in [2.45, 2.75) is 33.4 Å². The molecule has 0 unspecified atom stereocenters. The van der Waals surface area contributed by atoms with E-state index < -0.39 is 0 Å². The van der Waals surface area contributed by atoms with Crippen LogP contribution in [0.1, 0.15) is 26.1 Å². The Hall–Kier alpha value is -1.59. The Morgan fingerprint density at radius 1 is 1.32 bits per heavy atom. The van der Waals surface area contributed by atoms with Gasteiger partial charge in [0.05, 0.1) is 12.2 Å². The van der Waals surface area contributed by atoms with Crippen LogP contribution in [-0.4, -0.2) is 32.3 Å². The first kappa shape index (κ1) is 15.3. The summed E-state index contributed by atoms with van der Waals surface area (Å²) >= 11 is 6.01. The summed E-state index contributed by atoms with van der Waals surface area (Å²) in [6, 6.07) is 7.23. The maximum Gasteiger partial charge on any atom is 0.350 e. The third-order valence-electron chi connectivity index (χ3n) is 4.02. The Kier molecular flexibility index (Phi) is 4.36. The highest BCUT2D eigenvalue weighted by Gasteiger charge is 2.22. The quantitative estimate of drug-likeness (QED) is 0.869. The summed E-state index contributed by atoms with van der Waals surface area (Å²) in [7, 11) is 0. The monoisotopic (exact) mass is 320 g/mol. The fourth-order valence-corrected chi connectivity index (χ4v) is 2.89. The van der Waals surface area contributed by atoms with Crippen LogP contribution in [0, 0.1) is 5.92 Å². The summed E-state index contributed by atoms with van der Waals surface area (Å²) in [5.41, 5.74) is 0.633. The minimum absolute atomic E-state index is 0.0826. The van der Waals surface area contributed by atoms with Gasteiger partial charge in [-0.05, 0) is 37.1 Å². The van der Waals surface area contributed by atoms with Gasteiger partial charge >= 0.3 is 5.69 Å². The molecule has 2 heterocycles. The molecule has 0 aliphatic carbocycles. The van der Waals surface area contributed by atoms with E-state index in [1.807, 2.05) is 12.1 Å². The molecule has 0 saturated carbocycles. The molecule has 2 aromatic rings. The number of hydrogen-bond donors (Lipinski definition) is 0. The van der Waals surface area contributed by atoms with E-state index in [-0.39, 0.29) is 5.69 Å². The van der Waals surface area contributed by atoms with Gasteiger partial charge in [0.25, 0.3) is 0 Å². The van der Waals surface area contributed by atoms with Crippen LogP contribution in [0.3, 0.4) is 0 Å². The Morgan fingerprint density at radius 3 is 2.86 bits per heavy atom. The third-order valence-corrected chi connectivity index (χ3v) is 4.25. The van der Waals surface area contributed by atoms with Crippen LogP contribution in [0.5, 0.6) is 0 Å². The molecule has 118 valence electrons. The average Bonchev–Trinajstić information content (AvgIpc) is 2.82. The van der Waals surface area contributed by atoms with Crippen LogP contribution in [0.15, 0.2) is 29.1 Å². The smallest absolute Gasteiger partial charge is 0.294 e. The molecule has 3 rings (SSSR count). The van der Waals surface area contributed by atoms with Crippen molar-refractivity contribution in [3.05, 3.63) is 45.6 Å². The Balaban J connectivity index is 1.85. The highest BCUT2D eigenvalue weighted by atomic mass is 35.5. The highest BCUT2D eigenvalue weighted by Crippen LogP contribution is 2.15. The normalized spacial score (nSPS) is 15.3. The maximum atomic E-state index is 12.5. The van der Waals surface area contributed by atoms with Crippen LogP contribution in [0.4, 0.5) is 0 Å². The van der Waals surface area contributed by atoms with Gasteiger partial charge in [0.15, 0.2) is 0 Å². The standard InChI is InChI=1S/C16H21ClN4O/c1-12(2)6-7-19-8-9-20-15(11-19)18-21(16(20)22)14-5-3-4-13(17)10-14/h3-5,10,12H,6-9,11H2,1-2H3. The van der Waals surface area contributed by atoms with Gasteiger partial charge in [0.2, 0.25) is 0 Å². The third kappa shape index (κ3) is 3.10. The summed E-state index contributed by atoms with van der Waals surface area (Å²) < 4.78 is 3.22. The summed E-state index contributed by atoms with van der Waals surface area (Å²) in [6.45, 7) is 7.85. The zero-order chi connectivity index (χ0) is 15.7. The lowest BCUT2D eigenvalue weighted by Crippen LogP contribution is -2.38. The van der Waals surface area contributed by atoms with E-state index in [1.54, 1.807) is 16.7 Å². The van der Waals surface area contributed by atoms with Crippen LogP contribution in [0.2, 0.25) is 5.02 Å². The lowest BCUT2D eigenvalue weighted by Gasteiger charge is -2.26.